The number of aromatic nitrogens is 1. The number of imide groups is 1. The summed E-state index contributed by atoms with van der Waals surface area (Å²) in [5.74, 6) is -4.28. The Bertz CT molecular complexity index is 1870. The van der Waals surface area contributed by atoms with Crippen molar-refractivity contribution in [1.82, 2.24) is 4.98 Å². The first kappa shape index (κ1) is 36.7. The van der Waals surface area contributed by atoms with Gasteiger partial charge in [-0.1, -0.05) is 6.07 Å². The second kappa shape index (κ2) is 14.3. The highest BCUT2D eigenvalue weighted by atomic mass is 16.6. The number of benzene rings is 2. The zero-order valence-electron chi connectivity index (χ0n) is 29.3. The van der Waals surface area contributed by atoms with Crippen LogP contribution >= 0.6 is 0 Å². The van der Waals surface area contributed by atoms with Crippen molar-refractivity contribution in [1.29, 1.82) is 0 Å². The normalized spacial score (nSPS) is 16.8. The molecule has 0 spiro atoms. The van der Waals surface area contributed by atoms with Gasteiger partial charge in [-0.3, -0.25) is 19.2 Å². The highest BCUT2D eigenvalue weighted by Crippen LogP contribution is 2.33. The molecule has 51 heavy (non-hydrogen) atoms. The topological polar surface area (TPSA) is 194 Å². The summed E-state index contributed by atoms with van der Waals surface area (Å²) in [4.78, 5) is 84.3. The molecule has 3 aromatic rings. The lowest BCUT2D eigenvalue weighted by molar-refractivity contribution is -0.149. The third kappa shape index (κ3) is 8.78. The number of anilines is 4. The minimum atomic E-state index is -1.41. The molecular weight excluding hydrogens is 662 g/mol. The molecule has 2 aliphatic heterocycles. The van der Waals surface area contributed by atoms with Crippen molar-refractivity contribution in [2.75, 3.05) is 33.6 Å². The Balaban J connectivity index is 1.41. The van der Waals surface area contributed by atoms with Crippen LogP contribution in [0.1, 0.15) is 59.9 Å². The van der Waals surface area contributed by atoms with Gasteiger partial charge in [0.05, 0.1) is 18.9 Å². The number of hydrogen-bond acceptors (Lipinski definition) is 10. The second-order valence-corrected chi connectivity index (χ2v) is 14.2. The molecule has 2 aromatic carbocycles. The molecule has 270 valence electrons. The van der Waals surface area contributed by atoms with Gasteiger partial charge in [0.2, 0.25) is 11.8 Å². The number of carboxylic acid groups (broad SMARTS) is 1. The van der Waals surface area contributed by atoms with Crippen molar-refractivity contribution >= 4 is 69.5 Å². The quantitative estimate of drug-likeness (QED) is 0.291. The van der Waals surface area contributed by atoms with E-state index >= 15 is 0 Å². The van der Waals surface area contributed by atoms with Gasteiger partial charge in [-0.05, 0) is 95.3 Å². The van der Waals surface area contributed by atoms with Crippen LogP contribution in [0.5, 0.6) is 0 Å². The lowest BCUT2D eigenvalue weighted by Gasteiger charge is -2.35. The fourth-order valence-electron chi connectivity index (χ4n) is 5.72. The van der Waals surface area contributed by atoms with E-state index in [1.807, 2.05) is 6.07 Å². The number of carboxylic acids is 1. The maximum atomic E-state index is 13.8. The molecule has 0 unspecified atom stereocenters. The first-order valence-electron chi connectivity index (χ1n) is 16.4. The van der Waals surface area contributed by atoms with Crippen molar-refractivity contribution in [2.45, 2.75) is 78.1 Å². The van der Waals surface area contributed by atoms with Crippen molar-refractivity contribution in [3.8, 4) is 0 Å². The lowest BCUT2D eigenvalue weighted by atomic mass is 9.94. The standard InChI is InChI=1S/C36H41N5O10/c1-35(2,3)50-33(47)41(34(48)51-36(4,5)6)30-24-11-9-22(17-21(24)13-14-37-30)38-31(45)25(19-28(43)44)29-32(46)40(15-16-49-29)23-10-7-20-8-12-27(42)39-26(20)18-23/h7,9-11,13-14,17-18,25,29H,8,12,15-16,19H2,1-6H3,(H,38,45)(H,39,42)(H,43,44)/t25-,29-/m1/s1. The summed E-state index contributed by atoms with van der Waals surface area (Å²) in [5, 5.41) is 16.0. The molecule has 1 aromatic heterocycles. The minimum Gasteiger partial charge on any atom is -0.481 e. The summed E-state index contributed by atoms with van der Waals surface area (Å²) in [6.45, 7) is 10.1. The molecule has 0 saturated carbocycles. The molecule has 1 saturated heterocycles. The number of ether oxygens (including phenoxy) is 3. The van der Waals surface area contributed by atoms with Crippen molar-refractivity contribution < 1.29 is 48.1 Å². The van der Waals surface area contributed by atoms with Crippen LogP contribution in [0.15, 0.2) is 48.7 Å². The molecule has 5 rings (SSSR count). The van der Waals surface area contributed by atoms with Gasteiger partial charge in [-0.2, -0.15) is 4.90 Å². The van der Waals surface area contributed by atoms with E-state index < -0.39 is 59.6 Å². The minimum absolute atomic E-state index is 0.0425. The third-order valence-electron chi connectivity index (χ3n) is 7.89. The predicted molar refractivity (Wildman–Crippen MR) is 187 cm³/mol. The van der Waals surface area contributed by atoms with Crippen molar-refractivity contribution in [3.63, 3.8) is 0 Å². The monoisotopic (exact) mass is 703 g/mol. The highest BCUT2D eigenvalue weighted by Gasteiger charge is 2.42. The van der Waals surface area contributed by atoms with E-state index in [1.54, 1.807) is 65.8 Å². The van der Waals surface area contributed by atoms with Crippen LogP contribution in [-0.2, 0) is 39.8 Å². The van der Waals surface area contributed by atoms with Gasteiger partial charge in [0.25, 0.3) is 5.91 Å². The van der Waals surface area contributed by atoms with Crippen LogP contribution in [-0.4, -0.2) is 76.4 Å². The first-order valence-corrected chi connectivity index (χ1v) is 16.4. The van der Waals surface area contributed by atoms with Gasteiger partial charge >= 0.3 is 18.2 Å². The SMILES string of the molecule is CC(C)(C)OC(=O)N(C(=O)OC(C)(C)C)c1nccc2cc(NC(=O)[C@H](CC(=O)O)[C@H]3OCCN(c4ccc5c(c4)NC(=O)CC5)C3=O)ccc12. The van der Waals surface area contributed by atoms with Gasteiger partial charge < -0.3 is 34.9 Å². The van der Waals surface area contributed by atoms with Crippen LogP contribution in [0.4, 0.5) is 32.5 Å². The van der Waals surface area contributed by atoms with E-state index in [4.69, 9.17) is 14.2 Å². The van der Waals surface area contributed by atoms with E-state index in [9.17, 15) is 33.9 Å². The van der Waals surface area contributed by atoms with Gasteiger partial charge in [-0.25, -0.2) is 14.6 Å². The molecule has 5 amide bonds. The van der Waals surface area contributed by atoms with Gasteiger partial charge in [0, 0.05) is 41.6 Å². The molecule has 1 fully saturated rings. The molecule has 15 heteroatoms. The number of hydrogen-bond donors (Lipinski definition) is 3. The molecule has 2 aliphatic rings. The Morgan fingerprint density at radius 2 is 1.69 bits per heavy atom. The molecule has 0 aliphatic carbocycles. The summed E-state index contributed by atoms with van der Waals surface area (Å²) in [6, 6.07) is 11.4. The van der Waals surface area contributed by atoms with Gasteiger partial charge in [0.1, 0.15) is 17.3 Å². The second-order valence-electron chi connectivity index (χ2n) is 14.2. The number of amides is 5. The van der Waals surface area contributed by atoms with Gasteiger partial charge in [-0.15, -0.1) is 0 Å². The maximum absolute atomic E-state index is 13.8. The molecule has 3 N–H and O–H groups in total. The average molecular weight is 704 g/mol. The predicted octanol–water partition coefficient (Wildman–Crippen LogP) is 5.26. The summed E-state index contributed by atoms with van der Waals surface area (Å²) in [5.41, 5.74) is 0.365. The van der Waals surface area contributed by atoms with Crippen molar-refractivity contribution in [3.05, 3.63) is 54.2 Å². The number of aliphatic carboxylic acids is 1. The maximum Gasteiger partial charge on any atom is 0.425 e. The Morgan fingerprint density at radius 3 is 2.33 bits per heavy atom. The summed E-state index contributed by atoms with van der Waals surface area (Å²) >= 11 is 0. The zero-order valence-corrected chi connectivity index (χ0v) is 29.3. The number of morpholine rings is 1. The van der Waals surface area contributed by atoms with Crippen LogP contribution in [0.25, 0.3) is 10.8 Å². The molecule has 0 radical (unpaired) electrons. The number of rotatable bonds is 7. The van der Waals surface area contributed by atoms with E-state index in [0.29, 0.717) is 39.9 Å². The van der Waals surface area contributed by atoms with E-state index in [0.717, 1.165) is 5.56 Å². The van der Waals surface area contributed by atoms with Crippen LogP contribution in [0.2, 0.25) is 0 Å². The van der Waals surface area contributed by atoms with E-state index in [-0.39, 0.29) is 30.6 Å². The molecule has 15 nitrogen and oxygen atoms in total. The van der Waals surface area contributed by atoms with E-state index in [2.05, 4.69) is 15.6 Å². The smallest absolute Gasteiger partial charge is 0.425 e. The van der Waals surface area contributed by atoms with E-state index in [1.165, 1.54) is 23.2 Å². The third-order valence-corrected chi connectivity index (χ3v) is 7.89. The number of nitrogens with one attached hydrogen (secondary N) is 2. The fourth-order valence-corrected chi connectivity index (χ4v) is 5.72. The summed E-state index contributed by atoms with van der Waals surface area (Å²) in [6.07, 6.45) is -1.81. The number of carbonyl (C=O) groups is 6. The van der Waals surface area contributed by atoms with Crippen LogP contribution < -0.4 is 20.4 Å². The number of pyridine rings is 1. The number of aryl methyl sites for hydroxylation is 1. The summed E-state index contributed by atoms with van der Waals surface area (Å²) in [7, 11) is 0. The fraction of sp³-hybridized carbons (Fsp3) is 0.417. The highest BCUT2D eigenvalue weighted by molar-refractivity contribution is 6.14. The Labute approximate surface area is 294 Å². The first-order chi connectivity index (χ1) is 23.9. The number of fused-ring (bicyclic) bond motifs is 2. The molecule has 0 bridgehead atoms. The Kier molecular flexibility index (Phi) is 10.3. The number of carbonyl (C=O) groups excluding carboxylic acids is 5. The zero-order chi connectivity index (χ0) is 37.2. The molecular formula is C36H41N5O10. The van der Waals surface area contributed by atoms with Crippen LogP contribution in [0, 0.1) is 5.92 Å². The van der Waals surface area contributed by atoms with Gasteiger partial charge in [0.15, 0.2) is 5.82 Å². The Morgan fingerprint density at radius 1 is 1.00 bits per heavy atom. The largest absolute Gasteiger partial charge is 0.481 e. The Hall–Kier alpha value is -5.57. The molecule has 3 heterocycles. The van der Waals surface area contributed by atoms with Crippen molar-refractivity contribution in [2.24, 2.45) is 5.92 Å². The lowest BCUT2D eigenvalue weighted by Crippen LogP contribution is -2.53. The number of nitrogens with zero attached hydrogens (tertiary/aromatic N) is 3. The summed E-state index contributed by atoms with van der Waals surface area (Å²) < 4.78 is 16.7. The molecule has 2 atom stereocenters. The van der Waals surface area contributed by atoms with Crippen LogP contribution in [0.3, 0.4) is 0 Å². The average Bonchev–Trinajstić information content (AvgIpc) is 3.02.